The highest BCUT2D eigenvalue weighted by Crippen LogP contribution is 2.32. The van der Waals surface area contributed by atoms with Gasteiger partial charge >= 0.3 is 0 Å². The van der Waals surface area contributed by atoms with E-state index in [2.05, 4.69) is 35.1 Å². The lowest BCUT2D eigenvalue weighted by molar-refractivity contribution is -0.0414. The van der Waals surface area contributed by atoms with E-state index in [1.807, 2.05) is 30.7 Å². The van der Waals surface area contributed by atoms with Gasteiger partial charge in [-0.2, -0.15) is 0 Å². The van der Waals surface area contributed by atoms with Gasteiger partial charge in [0, 0.05) is 30.1 Å². The Bertz CT molecular complexity index is 869. The molecule has 132 valence electrons. The Labute approximate surface area is 147 Å². The molecular weight excluding hydrogens is 316 g/mol. The minimum absolute atomic E-state index is 0.238. The number of para-hydroxylation sites is 1. The first kappa shape index (κ1) is 16.3. The molecule has 6 heteroatoms. The number of nitrogens with zero attached hydrogens (tertiary/aromatic N) is 4. The van der Waals surface area contributed by atoms with Crippen LogP contribution >= 0.6 is 0 Å². The highest BCUT2D eigenvalue weighted by molar-refractivity contribution is 5.80. The van der Waals surface area contributed by atoms with Crippen molar-refractivity contribution < 1.29 is 9.52 Å². The Hall–Kier alpha value is -2.18. The fourth-order valence-electron chi connectivity index (χ4n) is 3.61. The summed E-state index contributed by atoms with van der Waals surface area (Å²) in [7, 11) is 0. The summed E-state index contributed by atoms with van der Waals surface area (Å²) in [5.41, 5.74) is 1.79. The first-order valence-corrected chi connectivity index (χ1v) is 8.87. The number of piperidine rings is 1. The van der Waals surface area contributed by atoms with Crippen LogP contribution in [0.5, 0.6) is 0 Å². The van der Waals surface area contributed by atoms with Crippen LogP contribution in [0.4, 0.5) is 0 Å². The van der Waals surface area contributed by atoms with E-state index in [1.54, 1.807) is 4.68 Å². The lowest BCUT2D eigenvalue weighted by atomic mass is 9.89. The third kappa shape index (κ3) is 3.07. The largest absolute Gasteiger partial charge is 0.464 e. The molecule has 6 nitrogen and oxygen atoms in total. The van der Waals surface area contributed by atoms with E-state index in [-0.39, 0.29) is 6.04 Å². The number of aromatic nitrogens is 3. The molecule has 1 aromatic carbocycles. The highest BCUT2D eigenvalue weighted by Gasteiger charge is 2.37. The van der Waals surface area contributed by atoms with Gasteiger partial charge in [-0.25, -0.2) is 4.68 Å². The van der Waals surface area contributed by atoms with Gasteiger partial charge in [0.05, 0.1) is 12.5 Å². The molecule has 0 radical (unpaired) electrons. The minimum Gasteiger partial charge on any atom is -0.464 e. The van der Waals surface area contributed by atoms with Crippen molar-refractivity contribution in [1.29, 1.82) is 0 Å². The van der Waals surface area contributed by atoms with Crippen LogP contribution in [0.25, 0.3) is 11.0 Å². The fourth-order valence-corrected chi connectivity index (χ4v) is 3.61. The highest BCUT2D eigenvalue weighted by atomic mass is 16.3. The molecule has 1 atom stereocenters. The molecule has 0 aliphatic carbocycles. The summed E-state index contributed by atoms with van der Waals surface area (Å²) in [5, 5.41) is 20.7. The zero-order chi connectivity index (χ0) is 17.4. The second-order valence-corrected chi connectivity index (χ2v) is 7.28. The van der Waals surface area contributed by atoms with Crippen LogP contribution in [-0.2, 0) is 12.1 Å². The van der Waals surface area contributed by atoms with Gasteiger partial charge in [-0.05, 0) is 39.3 Å². The number of likely N-dealkylation sites (tertiary alicyclic amines) is 1. The molecule has 1 unspecified atom stereocenters. The predicted octanol–water partition coefficient (Wildman–Crippen LogP) is 3.09. The fraction of sp³-hybridized carbons (Fsp3) is 0.474. The van der Waals surface area contributed by atoms with Crippen molar-refractivity contribution in [3.05, 3.63) is 48.0 Å². The number of hydrogen-bond donors (Lipinski definition) is 1. The van der Waals surface area contributed by atoms with E-state index in [0.717, 1.165) is 36.0 Å². The molecule has 0 bridgehead atoms. The van der Waals surface area contributed by atoms with Gasteiger partial charge in [0.25, 0.3) is 0 Å². The van der Waals surface area contributed by atoms with Gasteiger partial charge < -0.3 is 9.52 Å². The molecule has 25 heavy (non-hydrogen) atoms. The average molecular weight is 340 g/mol. The number of aliphatic hydroxyl groups is 1. The maximum atomic E-state index is 11.2. The van der Waals surface area contributed by atoms with Crippen LogP contribution in [0.15, 0.2) is 41.1 Å². The Balaban J connectivity index is 1.54. The lowest BCUT2D eigenvalue weighted by Gasteiger charge is -2.37. The van der Waals surface area contributed by atoms with Crippen molar-refractivity contribution in [3.63, 3.8) is 0 Å². The first-order valence-electron chi connectivity index (χ1n) is 8.87. The van der Waals surface area contributed by atoms with Gasteiger partial charge in [-0.1, -0.05) is 23.4 Å². The molecule has 3 aromatic rings. The second kappa shape index (κ2) is 6.28. The van der Waals surface area contributed by atoms with E-state index in [1.165, 1.54) is 0 Å². The Morgan fingerprint density at radius 1 is 1.32 bits per heavy atom. The standard InChI is InChI=1S/C19H24N4O2/c1-14(2)23-11-18(20-21-23)19(24)8-5-9-22(13-19)10-15-12-25-17-7-4-3-6-16(15)17/h3-4,6-7,11-12,14,24H,5,8-10,13H2,1-2H3. The summed E-state index contributed by atoms with van der Waals surface area (Å²) in [6.07, 6.45) is 5.35. The maximum Gasteiger partial charge on any atom is 0.134 e. The molecule has 3 heterocycles. The van der Waals surface area contributed by atoms with Crippen molar-refractivity contribution >= 4 is 11.0 Å². The molecule has 0 amide bonds. The number of hydrogen-bond acceptors (Lipinski definition) is 5. The summed E-state index contributed by atoms with van der Waals surface area (Å²) in [5.74, 6) is 0. The van der Waals surface area contributed by atoms with Crippen LogP contribution in [0.2, 0.25) is 0 Å². The van der Waals surface area contributed by atoms with Crippen molar-refractivity contribution in [2.45, 2.75) is 44.9 Å². The molecule has 1 fully saturated rings. The van der Waals surface area contributed by atoms with Crippen LogP contribution in [0.1, 0.15) is 44.0 Å². The zero-order valence-corrected chi connectivity index (χ0v) is 14.7. The van der Waals surface area contributed by atoms with Gasteiger partial charge in [-0.3, -0.25) is 4.90 Å². The molecular formula is C19H24N4O2. The molecule has 4 rings (SSSR count). The van der Waals surface area contributed by atoms with Gasteiger partial charge in [-0.15, -0.1) is 5.10 Å². The Morgan fingerprint density at radius 2 is 2.16 bits per heavy atom. The molecule has 2 aromatic heterocycles. The summed E-state index contributed by atoms with van der Waals surface area (Å²) < 4.78 is 7.44. The van der Waals surface area contributed by atoms with Crippen LogP contribution in [0.3, 0.4) is 0 Å². The monoisotopic (exact) mass is 340 g/mol. The lowest BCUT2D eigenvalue weighted by Crippen LogP contribution is -2.45. The quantitative estimate of drug-likeness (QED) is 0.790. The van der Waals surface area contributed by atoms with Crippen molar-refractivity contribution in [1.82, 2.24) is 19.9 Å². The van der Waals surface area contributed by atoms with Crippen molar-refractivity contribution in [2.75, 3.05) is 13.1 Å². The molecule has 1 aliphatic rings. The average Bonchev–Trinajstić information content (AvgIpc) is 3.23. The maximum absolute atomic E-state index is 11.2. The molecule has 1 aliphatic heterocycles. The van der Waals surface area contributed by atoms with E-state index >= 15 is 0 Å². The topological polar surface area (TPSA) is 67.3 Å². The third-order valence-electron chi connectivity index (χ3n) is 5.02. The summed E-state index contributed by atoms with van der Waals surface area (Å²) in [4.78, 5) is 2.27. The summed E-state index contributed by atoms with van der Waals surface area (Å²) >= 11 is 0. The Morgan fingerprint density at radius 3 is 2.96 bits per heavy atom. The smallest absolute Gasteiger partial charge is 0.134 e. The third-order valence-corrected chi connectivity index (χ3v) is 5.02. The summed E-state index contributed by atoms with van der Waals surface area (Å²) in [6.45, 7) is 6.39. The predicted molar refractivity (Wildman–Crippen MR) is 95.0 cm³/mol. The molecule has 1 N–H and O–H groups in total. The van der Waals surface area contributed by atoms with Crippen LogP contribution in [-0.4, -0.2) is 38.1 Å². The van der Waals surface area contributed by atoms with Crippen molar-refractivity contribution in [3.8, 4) is 0 Å². The summed E-state index contributed by atoms with van der Waals surface area (Å²) in [6, 6.07) is 8.31. The number of benzene rings is 1. The number of β-amino-alcohol motifs (C(OH)–C–C–N with tert-alkyl or cyclic N) is 1. The SMILES string of the molecule is CC(C)n1cc(C2(O)CCCN(Cc3coc4ccccc34)C2)nn1. The molecule has 0 saturated carbocycles. The molecule has 1 saturated heterocycles. The second-order valence-electron chi connectivity index (χ2n) is 7.28. The van der Waals surface area contributed by atoms with Crippen LogP contribution in [0, 0.1) is 0 Å². The first-order chi connectivity index (χ1) is 12.0. The van der Waals surface area contributed by atoms with Gasteiger partial charge in [0.15, 0.2) is 0 Å². The van der Waals surface area contributed by atoms with Gasteiger partial charge in [0.1, 0.15) is 16.9 Å². The number of furan rings is 1. The zero-order valence-electron chi connectivity index (χ0n) is 14.7. The number of fused-ring (bicyclic) bond motifs is 1. The van der Waals surface area contributed by atoms with E-state index in [9.17, 15) is 5.11 Å². The van der Waals surface area contributed by atoms with Crippen molar-refractivity contribution in [2.24, 2.45) is 0 Å². The van der Waals surface area contributed by atoms with E-state index in [0.29, 0.717) is 18.7 Å². The molecule has 0 spiro atoms. The van der Waals surface area contributed by atoms with E-state index < -0.39 is 5.60 Å². The minimum atomic E-state index is -0.940. The van der Waals surface area contributed by atoms with Gasteiger partial charge in [0.2, 0.25) is 0 Å². The number of rotatable bonds is 4. The normalized spacial score (nSPS) is 22.1. The Kier molecular flexibility index (Phi) is 4.09. The van der Waals surface area contributed by atoms with Crippen LogP contribution < -0.4 is 0 Å². The van der Waals surface area contributed by atoms with E-state index in [4.69, 9.17) is 4.42 Å².